The average molecular weight is 387 g/mol. The van der Waals surface area contributed by atoms with Crippen LogP contribution < -0.4 is 5.32 Å². The predicted molar refractivity (Wildman–Crippen MR) is 106 cm³/mol. The molecule has 2 aromatic carbocycles. The second kappa shape index (κ2) is 8.55. The first kappa shape index (κ1) is 19.4. The lowest BCUT2D eigenvalue weighted by atomic mass is 9.85. The standard InChI is InChI=1S/C21H23ClN2O3/c1-2-24(13-20(25)26)17-11-16(12-17)23-21(27)18-10-15(8-9-19(18)22)14-6-4-3-5-7-14/h3-10,16-17H,2,11-13H2,1H3,(H,23,27)(H,25,26). The first-order valence-corrected chi connectivity index (χ1v) is 9.47. The van der Waals surface area contributed by atoms with E-state index in [1.807, 2.05) is 54.3 Å². The van der Waals surface area contributed by atoms with Gasteiger partial charge in [-0.1, -0.05) is 54.9 Å². The smallest absolute Gasteiger partial charge is 0.317 e. The van der Waals surface area contributed by atoms with Crippen molar-refractivity contribution < 1.29 is 14.7 Å². The molecule has 1 aliphatic rings. The lowest BCUT2D eigenvalue weighted by Crippen LogP contribution is -2.54. The van der Waals surface area contributed by atoms with Crippen molar-refractivity contribution >= 4 is 23.5 Å². The summed E-state index contributed by atoms with van der Waals surface area (Å²) < 4.78 is 0. The normalized spacial score (nSPS) is 18.8. The zero-order valence-electron chi connectivity index (χ0n) is 15.2. The van der Waals surface area contributed by atoms with Crippen molar-refractivity contribution in [1.29, 1.82) is 0 Å². The number of nitrogens with zero attached hydrogens (tertiary/aromatic N) is 1. The van der Waals surface area contributed by atoms with Gasteiger partial charge in [0.2, 0.25) is 0 Å². The van der Waals surface area contributed by atoms with E-state index in [1.165, 1.54) is 0 Å². The molecule has 1 aliphatic carbocycles. The van der Waals surface area contributed by atoms with Gasteiger partial charge in [-0.15, -0.1) is 0 Å². The van der Waals surface area contributed by atoms with E-state index < -0.39 is 5.97 Å². The predicted octanol–water partition coefficient (Wildman–Crippen LogP) is 3.67. The van der Waals surface area contributed by atoms with Gasteiger partial charge < -0.3 is 10.4 Å². The minimum atomic E-state index is -0.825. The van der Waals surface area contributed by atoms with Gasteiger partial charge in [-0.25, -0.2) is 0 Å². The number of hydrogen-bond acceptors (Lipinski definition) is 3. The van der Waals surface area contributed by atoms with Crippen LogP contribution in [0.4, 0.5) is 0 Å². The van der Waals surface area contributed by atoms with Crippen LogP contribution >= 0.6 is 11.6 Å². The summed E-state index contributed by atoms with van der Waals surface area (Å²) in [5.41, 5.74) is 2.42. The van der Waals surface area contributed by atoms with E-state index in [9.17, 15) is 9.59 Å². The maximum Gasteiger partial charge on any atom is 0.317 e. The molecule has 1 saturated carbocycles. The molecule has 0 atom stereocenters. The fourth-order valence-electron chi connectivity index (χ4n) is 3.45. The molecule has 5 nitrogen and oxygen atoms in total. The largest absolute Gasteiger partial charge is 0.480 e. The number of nitrogens with one attached hydrogen (secondary N) is 1. The molecular weight excluding hydrogens is 364 g/mol. The second-order valence-electron chi connectivity index (χ2n) is 6.81. The average Bonchev–Trinajstić information content (AvgIpc) is 2.63. The number of benzene rings is 2. The Kier molecular flexibility index (Phi) is 6.14. The van der Waals surface area contributed by atoms with Crippen LogP contribution in [0, 0.1) is 0 Å². The van der Waals surface area contributed by atoms with Crippen LogP contribution in [-0.4, -0.2) is 47.1 Å². The number of aliphatic carboxylic acids is 1. The van der Waals surface area contributed by atoms with Crippen LogP contribution in [0.5, 0.6) is 0 Å². The highest BCUT2D eigenvalue weighted by Crippen LogP contribution is 2.28. The van der Waals surface area contributed by atoms with Gasteiger partial charge in [-0.3, -0.25) is 14.5 Å². The molecule has 3 rings (SSSR count). The van der Waals surface area contributed by atoms with E-state index in [-0.39, 0.29) is 24.5 Å². The summed E-state index contributed by atoms with van der Waals surface area (Å²) in [7, 11) is 0. The molecule has 2 N–H and O–H groups in total. The van der Waals surface area contributed by atoms with Gasteiger partial charge in [-0.2, -0.15) is 0 Å². The number of carbonyl (C=O) groups excluding carboxylic acids is 1. The summed E-state index contributed by atoms with van der Waals surface area (Å²) in [4.78, 5) is 25.5. The maximum absolute atomic E-state index is 12.7. The van der Waals surface area contributed by atoms with Crippen molar-refractivity contribution in [2.75, 3.05) is 13.1 Å². The SMILES string of the molecule is CCN(CC(=O)O)C1CC(NC(=O)c2cc(-c3ccccc3)ccc2Cl)C1. The highest BCUT2D eigenvalue weighted by Gasteiger charge is 2.35. The third-order valence-electron chi connectivity index (χ3n) is 5.03. The maximum atomic E-state index is 12.7. The van der Waals surface area contributed by atoms with Gasteiger partial charge in [0.1, 0.15) is 0 Å². The van der Waals surface area contributed by atoms with Crippen molar-refractivity contribution in [1.82, 2.24) is 10.2 Å². The van der Waals surface area contributed by atoms with Gasteiger partial charge in [-0.05, 0) is 42.6 Å². The van der Waals surface area contributed by atoms with E-state index in [0.717, 1.165) is 24.0 Å². The first-order chi connectivity index (χ1) is 13.0. The summed E-state index contributed by atoms with van der Waals surface area (Å²) >= 11 is 6.25. The quantitative estimate of drug-likeness (QED) is 0.761. The molecule has 0 saturated heterocycles. The number of likely N-dealkylation sites (N-methyl/N-ethyl adjacent to an activating group) is 1. The summed E-state index contributed by atoms with van der Waals surface area (Å²) in [6.45, 7) is 2.67. The third kappa shape index (κ3) is 4.67. The molecule has 0 aromatic heterocycles. The molecule has 1 amide bonds. The Morgan fingerprint density at radius 3 is 2.48 bits per heavy atom. The Balaban J connectivity index is 1.63. The molecule has 0 radical (unpaired) electrons. The van der Waals surface area contributed by atoms with Gasteiger partial charge in [0.25, 0.3) is 5.91 Å². The minimum Gasteiger partial charge on any atom is -0.480 e. The van der Waals surface area contributed by atoms with Crippen molar-refractivity contribution in [3.05, 3.63) is 59.1 Å². The van der Waals surface area contributed by atoms with E-state index in [4.69, 9.17) is 16.7 Å². The Morgan fingerprint density at radius 2 is 1.85 bits per heavy atom. The lowest BCUT2D eigenvalue weighted by molar-refractivity contribution is -0.139. The molecule has 27 heavy (non-hydrogen) atoms. The highest BCUT2D eigenvalue weighted by molar-refractivity contribution is 6.34. The molecule has 6 heteroatoms. The summed E-state index contributed by atoms with van der Waals surface area (Å²) in [6.07, 6.45) is 1.51. The summed E-state index contributed by atoms with van der Waals surface area (Å²) in [5.74, 6) is -1.02. The molecule has 0 bridgehead atoms. The third-order valence-corrected chi connectivity index (χ3v) is 5.36. The van der Waals surface area contributed by atoms with Crippen LogP contribution in [0.2, 0.25) is 5.02 Å². The fraction of sp³-hybridized carbons (Fsp3) is 0.333. The zero-order chi connectivity index (χ0) is 19.4. The molecule has 1 fully saturated rings. The van der Waals surface area contributed by atoms with Crippen LogP contribution in [0.3, 0.4) is 0 Å². The second-order valence-corrected chi connectivity index (χ2v) is 7.22. The number of carbonyl (C=O) groups is 2. The highest BCUT2D eigenvalue weighted by atomic mass is 35.5. The number of hydrogen-bond donors (Lipinski definition) is 2. The van der Waals surface area contributed by atoms with Crippen LogP contribution in [0.1, 0.15) is 30.1 Å². The topological polar surface area (TPSA) is 69.6 Å². The number of amides is 1. The molecule has 0 unspecified atom stereocenters. The van der Waals surface area contributed by atoms with E-state index in [1.54, 1.807) is 6.07 Å². The number of carboxylic acids is 1. The van der Waals surface area contributed by atoms with Gasteiger partial charge >= 0.3 is 5.97 Å². The van der Waals surface area contributed by atoms with Crippen molar-refractivity contribution in [2.24, 2.45) is 0 Å². The lowest BCUT2D eigenvalue weighted by Gasteiger charge is -2.42. The van der Waals surface area contributed by atoms with E-state index in [2.05, 4.69) is 5.32 Å². The van der Waals surface area contributed by atoms with E-state index in [0.29, 0.717) is 17.1 Å². The van der Waals surface area contributed by atoms with Gasteiger partial charge in [0, 0.05) is 12.1 Å². The van der Waals surface area contributed by atoms with Crippen molar-refractivity contribution in [3.8, 4) is 11.1 Å². The van der Waals surface area contributed by atoms with Crippen molar-refractivity contribution in [3.63, 3.8) is 0 Å². The van der Waals surface area contributed by atoms with Crippen LogP contribution in [0.15, 0.2) is 48.5 Å². The number of halogens is 1. The zero-order valence-corrected chi connectivity index (χ0v) is 15.9. The monoisotopic (exact) mass is 386 g/mol. The van der Waals surface area contributed by atoms with Crippen molar-refractivity contribution in [2.45, 2.75) is 31.8 Å². The number of rotatable bonds is 7. The molecular formula is C21H23ClN2O3. The molecule has 142 valence electrons. The molecule has 0 aliphatic heterocycles. The Bertz CT molecular complexity index is 819. The Hall–Kier alpha value is -2.37. The fourth-order valence-corrected chi connectivity index (χ4v) is 3.65. The molecule has 2 aromatic rings. The molecule has 0 heterocycles. The van der Waals surface area contributed by atoms with E-state index >= 15 is 0 Å². The number of carboxylic acid groups (broad SMARTS) is 1. The Labute approximate surface area is 163 Å². The van der Waals surface area contributed by atoms with Crippen LogP contribution in [0.25, 0.3) is 11.1 Å². The van der Waals surface area contributed by atoms with Gasteiger partial charge in [0.15, 0.2) is 0 Å². The Morgan fingerprint density at radius 1 is 1.15 bits per heavy atom. The molecule has 0 spiro atoms. The van der Waals surface area contributed by atoms with Gasteiger partial charge in [0.05, 0.1) is 17.1 Å². The minimum absolute atomic E-state index is 0.0345. The summed E-state index contributed by atoms with van der Waals surface area (Å²) in [6, 6.07) is 15.5. The first-order valence-electron chi connectivity index (χ1n) is 9.09. The summed E-state index contributed by atoms with van der Waals surface area (Å²) in [5, 5.41) is 12.4. The van der Waals surface area contributed by atoms with Crippen LogP contribution in [-0.2, 0) is 4.79 Å².